The Balaban J connectivity index is 1.83. The summed E-state index contributed by atoms with van der Waals surface area (Å²) >= 11 is 6.08. The van der Waals surface area contributed by atoms with Crippen molar-refractivity contribution >= 4 is 57.8 Å². The fourth-order valence-electron chi connectivity index (χ4n) is 2.64. The van der Waals surface area contributed by atoms with Crippen LogP contribution in [0, 0.1) is 10.1 Å². The molecule has 2 aromatic rings. The van der Waals surface area contributed by atoms with Crippen molar-refractivity contribution < 1.29 is 29.2 Å². The van der Waals surface area contributed by atoms with Crippen molar-refractivity contribution in [1.82, 2.24) is 10.4 Å². The van der Waals surface area contributed by atoms with Crippen molar-refractivity contribution in [3.8, 4) is 5.75 Å². The molecule has 1 unspecified atom stereocenters. The summed E-state index contributed by atoms with van der Waals surface area (Å²) in [6.07, 6.45) is 0.348. The highest BCUT2D eigenvalue weighted by Gasteiger charge is 2.35. The maximum absolute atomic E-state index is 12.8. The smallest absolute Gasteiger partial charge is 0.344 e. The highest BCUT2D eigenvalue weighted by molar-refractivity contribution is 8.26. The maximum Gasteiger partial charge on any atom is 0.344 e. The number of benzene rings is 2. The normalized spacial score (nSPS) is 15.5. The van der Waals surface area contributed by atoms with Crippen molar-refractivity contribution in [2.75, 3.05) is 0 Å². The van der Waals surface area contributed by atoms with Crippen LogP contribution in [0.3, 0.4) is 0 Å². The second-order valence-corrected chi connectivity index (χ2v) is 8.04. The summed E-state index contributed by atoms with van der Waals surface area (Å²) in [6, 6.07) is 11.8. The molecule has 1 fully saturated rings. The van der Waals surface area contributed by atoms with E-state index in [2.05, 4.69) is 5.43 Å². The van der Waals surface area contributed by atoms with Crippen LogP contribution < -0.4 is 10.2 Å². The molecule has 0 spiro atoms. The number of nitrogens with one attached hydrogen (secondary N) is 1. The summed E-state index contributed by atoms with van der Waals surface area (Å²) in [5.41, 5.74) is 2.09. The number of carboxylic acid groups (broad SMARTS) is 1. The van der Waals surface area contributed by atoms with Gasteiger partial charge in [-0.25, -0.2) is 4.79 Å². The van der Waals surface area contributed by atoms with Crippen LogP contribution in [0.4, 0.5) is 5.69 Å². The minimum atomic E-state index is -1.15. The molecular weight excluding hydrogens is 458 g/mol. The molecule has 12 heteroatoms. The zero-order chi connectivity index (χ0) is 23.4. The molecule has 1 aliphatic rings. The van der Waals surface area contributed by atoms with E-state index in [1.54, 1.807) is 24.3 Å². The number of nitro benzene ring substituents is 1. The van der Waals surface area contributed by atoms with Crippen LogP contribution in [0.1, 0.15) is 22.8 Å². The zero-order valence-corrected chi connectivity index (χ0v) is 18.0. The average Bonchev–Trinajstić information content (AvgIpc) is 3.02. The molecule has 0 radical (unpaired) electrons. The summed E-state index contributed by atoms with van der Waals surface area (Å²) in [5, 5.41) is 21.0. The lowest BCUT2D eigenvalue weighted by molar-refractivity contribution is -0.385. The number of aliphatic carboxylic acids is 1. The second-order valence-electron chi connectivity index (χ2n) is 6.37. The van der Waals surface area contributed by atoms with E-state index in [1.807, 2.05) is 0 Å². The number of carboxylic acids is 1. The third kappa shape index (κ3) is 4.92. The molecule has 32 heavy (non-hydrogen) atoms. The highest BCUT2D eigenvalue weighted by atomic mass is 32.2. The van der Waals surface area contributed by atoms with Gasteiger partial charge in [0.2, 0.25) is 0 Å². The summed E-state index contributed by atoms with van der Waals surface area (Å²) in [7, 11) is 0. The maximum atomic E-state index is 12.8. The Kier molecular flexibility index (Phi) is 6.85. The first-order valence-electron chi connectivity index (χ1n) is 9.00. The lowest BCUT2D eigenvalue weighted by Crippen LogP contribution is -2.45. The Bertz CT molecular complexity index is 1170. The molecule has 0 bridgehead atoms. The number of nitrogens with zero attached hydrogens (tertiary/aromatic N) is 2. The molecular formula is C20H15N3O7S2. The lowest BCUT2D eigenvalue weighted by Gasteiger charge is -2.15. The number of hydrogen-bond acceptors (Lipinski definition) is 8. The van der Waals surface area contributed by atoms with Gasteiger partial charge in [0, 0.05) is 11.6 Å². The number of ether oxygens (including phenoxy) is 1. The van der Waals surface area contributed by atoms with Gasteiger partial charge in [-0.1, -0.05) is 42.1 Å². The number of hydrogen-bond donors (Lipinski definition) is 2. The van der Waals surface area contributed by atoms with E-state index in [4.69, 9.17) is 22.1 Å². The van der Waals surface area contributed by atoms with Gasteiger partial charge in [0.25, 0.3) is 17.5 Å². The molecule has 1 saturated heterocycles. The molecule has 3 rings (SSSR count). The number of hydrazine groups is 1. The number of thiocarbonyl (C=S) groups is 1. The van der Waals surface area contributed by atoms with Crippen LogP contribution in [0.15, 0.2) is 53.4 Å². The van der Waals surface area contributed by atoms with Gasteiger partial charge in [-0.3, -0.25) is 25.1 Å². The van der Waals surface area contributed by atoms with Crippen molar-refractivity contribution in [2.45, 2.75) is 13.0 Å². The van der Waals surface area contributed by atoms with Crippen LogP contribution >= 0.6 is 24.0 Å². The molecule has 1 atom stereocenters. The first kappa shape index (κ1) is 22.9. The third-order valence-electron chi connectivity index (χ3n) is 4.21. The molecule has 1 heterocycles. The van der Waals surface area contributed by atoms with E-state index in [9.17, 15) is 24.5 Å². The number of amides is 2. The van der Waals surface area contributed by atoms with Gasteiger partial charge >= 0.3 is 5.97 Å². The lowest BCUT2D eigenvalue weighted by atomic mass is 10.1. The van der Waals surface area contributed by atoms with Gasteiger partial charge in [0.1, 0.15) is 11.3 Å². The fourth-order valence-corrected chi connectivity index (χ4v) is 3.81. The number of thioether (sulfide) groups is 1. The Morgan fingerprint density at radius 1 is 1.25 bits per heavy atom. The fraction of sp³-hybridized carbons (Fsp3) is 0.100. The van der Waals surface area contributed by atoms with E-state index in [-0.39, 0.29) is 20.5 Å². The van der Waals surface area contributed by atoms with Crippen LogP contribution in [-0.2, 0) is 9.59 Å². The predicted molar refractivity (Wildman–Crippen MR) is 120 cm³/mol. The van der Waals surface area contributed by atoms with Crippen LogP contribution in [0.2, 0.25) is 0 Å². The molecule has 10 nitrogen and oxygen atoms in total. The SMILES string of the molecule is CC(Oc1ccccc1/C=C1/SC(=S)N(NC(=O)c2ccccc2[N+](=O)[O-])C1=O)C(=O)O. The van der Waals surface area contributed by atoms with Gasteiger partial charge in [0.15, 0.2) is 10.4 Å². The van der Waals surface area contributed by atoms with Crippen molar-refractivity contribution in [2.24, 2.45) is 0 Å². The molecule has 164 valence electrons. The van der Waals surface area contributed by atoms with E-state index < -0.39 is 34.5 Å². The highest BCUT2D eigenvalue weighted by Crippen LogP contribution is 2.33. The number of carbonyl (C=O) groups is 3. The van der Waals surface area contributed by atoms with Crippen molar-refractivity contribution in [1.29, 1.82) is 0 Å². The zero-order valence-electron chi connectivity index (χ0n) is 16.4. The Labute approximate surface area is 191 Å². The number of carbonyl (C=O) groups excluding carboxylic acids is 2. The second kappa shape index (κ2) is 9.58. The van der Waals surface area contributed by atoms with Gasteiger partial charge < -0.3 is 9.84 Å². The summed E-state index contributed by atoms with van der Waals surface area (Å²) in [5.74, 6) is -2.41. The number of rotatable bonds is 7. The van der Waals surface area contributed by atoms with E-state index in [1.165, 1.54) is 37.3 Å². The van der Waals surface area contributed by atoms with Crippen LogP contribution in [0.25, 0.3) is 6.08 Å². The minimum absolute atomic E-state index is 0.0190. The van der Waals surface area contributed by atoms with Crippen LogP contribution in [-0.4, -0.2) is 43.2 Å². The monoisotopic (exact) mass is 473 g/mol. The Morgan fingerprint density at radius 2 is 1.91 bits per heavy atom. The molecule has 2 amide bonds. The molecule has 0 saturated carbocycles. The summed E-state index contributed by atoms with van der Waals surface area (Å²) in [6.45, 7) is 1.37. The van der Waals surface area contributed by atoms with Gasteiger partial charge in [-0.15, -0.1) is 0 Å². The number of para-hydroxylation sites is 2. The molecule has 1 aliphatic heterocycles. The van der Waals surface area contributed by atoms with E-state index in [0.717, 1.165) is 16.8 Å². The molecule has 2 aromatic carbocycles. The van der Waals surface area contributed by atoms with E-state index in [0.29, 0.717) is 5.56 Å². The Hall–Kier alpha value is -3.77. The largest absolute Gasteiger partial charge is 0.479 e. The number of nitro groups is 1. The standard InChI is InChI=1S/C20H15N3O7S2/c1-11(19(26)27)30-15-9-5-2-6-12(15)10-16-18(25)22(20(31)32-16)21-17(24)13-7-3-4-8-14(13)23(28)29/h2-11H,1H3,(H,21,24)(H,26,27)/b16-10+. The molecule has 0 aromatic heterocycles. The molecule has 0 aliphatic carbocycles. The quantitative estimate of drug-likeness (QED) is 0.269. The summed E-state index contributed by atoms with van der Waals surface area (Å²) < 4.78 is 5.44. The van der Waals surface area contributed by atoms with Crippen molar-refractivity contribution in [3.63, 3.8) is 0 Å². The predicted octanol–water partition coefficient (Wildman–Crippen LogP) is 2.99. The molecule has 2 N–H and O–H groups in total. The first-order chi connectivity index (χ1) is 15.2. The van der Waals surface area contributed by atoms with Crippen LogP contribution in [0.5, 0.6) is 5.75 Å². The average molecular weight is 473 g/mol. The van der Waals surface area contributed by atoms with Gasteiger partial charge in [-0.05, 0) is 37.4 Å². The van der Waals surface area contributed by atoms with E-state index >= 15 is 0 Å². The first-order valence-corrected chi connectivity index (χ1v) is 10.2. The Morgan fingerprint density at radius 3 is 2.59 bits per heavy atom. The third-order valence-corrected chi connectivity index (χ3v) is 5.51. The minimum Gasteiger partial charge on any atom is -0.479 e. The topological polar surface area (TPSA) is 139 Å². The summed E-state index contributed by atoms with van der Waals surface area (Å²) in [4.78, 5) is 47.0. The van der Waals surface area contributed by atoms with Gasteiger partial charge in [0.05, 0.1) is 9.83 Å². The van der Waals surface area contributed by atoms with Gasteiger partial charge in [-0.2, -0.15) is 5.01 Å². The van der Waals surface area contributed by atoms with Crippen molar-refractivity contribution in [3.05, 3.63) is 74.7 Å².